The number of unbranched alkanes of at least 4 members (excludes halogenated alkanes) is 7. The summed E-state index contributed by atoms with van der Waals surface area (Å²) in [4.78, 5) is 14.2. The number of amides is 1. The molecule has 0 aliphatic carbocycles. The van der Waals surface area contributed by atoms with Crippen LogP contribution in [0.5, 0.6) is 0 Å². The van der Waals surface area contributed by atoms with Gasteiger partial charge < -0.3 is 5.32 Å². The molecule has 0 aliphatic rings. The van der Waals surface area contributed by atoms with E-state index in [1.165, 1.54) is 73.1 Å². The molecule has 0 saturated heterocycles. The van der Waals surface area contributed by atoms with Crippen molar-refractivity contribution in [3.8, 4) is 0 Å². The SMILES string of the molecule is CCCCCCCCCCSc1ccc(CCC(=O)NC(Cc2ccccc2)c2ccccc2)cc1. The fraction of sp³-hybridized carbons (Fsp3) is 0.424. The van der Waals surface area contributed by atoms with E-state index >= 15 is 0 Å². The van der Waals surface area contributed by atoms with E-state index in [0.29, 0.717) is 6.42 Å². The maximum absolute atomic E-state index is 12.8. The van der Waals surface area contributed by atoms with Crippen LogP contribution < -0.4 is 5.32 Å². The number of hydrogen-bond acceptors (Lipinski definition) is 2. The van der Waals surface area contributed by atoms with Gasteiger partial charge in [-0.05, 0) is 53.8 Å². The van der Waals surface area contributed by atoms with Crippen LogP contribution in [-0.4, -0.2) is 11.7 Å². The Morgan fingerprint density at radius 1 is 0.722 bits per heavy atom. The number of nitrogens with one attached hydrogen (secondary N) is 1. The molecule has 3 aromatic carbocycles. The van der Waals surface area contributed by atoms with Gasteiger partial charge >= 0.3 is 0 Å². The van der Waals surface area contributed by atoms with Gasteiger partial charge in [-0.25, -0.2) is 0 Å². The summed E-state index contributed by atoms with van der Waals surface area (Å²) >= 11 is 1.95. The second kappa shape index (κ2) is 17.0. The molecule has 2 nitrogen and oxygen atoms in total. The minimum atomic E-state index is -0.0174. The normalized spacial score (nSPS) is 11.8. The Morgan fingerprint density at radius 3 is 2.00 bits per heavy atom. The van der Waals surface area contributed by atoms with Gasteiger partial charge in [0.25, 0.3) is 0 Å². The van der Waals surface area contributed by atoms with E-state index in [0.717, 1.165) is 18.4 Å². The lowest BCUT2D eigenvalue weighted by molar-refractivity contribution is -0.121. The van der Waals surface area contributed by atoms with Crippen LogP contribution in [0, 0.1) is 0 Å². The molecule has 0 spiro atoms. The molecule has 0 radical (unpaired) electrons. The molecule has 1 atom stereocenters. The molecule has 3 heteroatoms. The van der Waals surface area contributed by atoms with Gasteiger partial charge in [-0.3, -0.25) is 4.79 Å². The smallest absolute Gasteiger partial charge is 0.220 e. The van der Waals surface area contributed by atoms with Crippen LogP contribution in [0.4, 0.5) is 0 Å². The highest BCUT2D eigenvalue weighted by Crippen LogP contribution is 2.22. The fourth-order valence-corrected chi connectivity index (χ4v) is 5.40. The molecule has 0 heterocycles. The number of rotatable bonds is 17. The van der Waals surface area contributed by atoms with Gasteiger partial charge in [0.1, 0.15) is 0 Å². The Balaban J connectivity index is 1.38. The second-order valence-electron chi connectivity index (χ2n) is 9.69. The van der Waals surface area contributed by atoms with Crippen molar-refractivity contribution >= 4 is 17.7 Å². The van der Waals surface area contributed by atoms with Gasteiger partial charge in [-0.15, -0.1) is 11.8 Å². The number of aryl methyl sites for hydroxylation is 1. The first kappa shape index (κ1) is 28.1. The fourth-order valence-electron chi connectivity index (χ4n) is 4.49. The van der Waals surface area contributed by atoms with Gasteiger partial charge in [0.15, 0.2) is 0 Å². The highest BCUT2D eigenvalue weighted by molar-refractivity contribution is 7.99. The molecule has 0 aliphatic heterocycles. The average molecular weight is 502 g/mol. The molecular formula is C33H43NOS. The molecule has 1 unspecified atom stereocenters. The third-order valence-electron chi connectivity index (χ3n) is 6.65. The number of benzene rings is 3. The van der Waals surface area contributed by atoms with Crippen LogP contribution in [-0.2, 0) is 17.6 Å². The predicted octanol–water partition coefficient (Wildman–Crippen LogP) is 8.95. The molecule has 192 valence electrons. The van der Waals surface area contributed by atoms with E-state index in [2.05, 4.69) is 72.9 Å². The van der Waals surface area contributed by atoms with E-state index in [-0.39, 0.29) is 11.9 Å². The zero-order valence-electron chi connectivity index (χ0n) is 22.0. The average Bonchev–Trinajstić information content (AvgIpc) is 2.92. The van der Waals surface area contributed by atoms with Crippen molar-refractivity contribution in [2.45, 2.75) is 88.5 Å². The summed E-state index contributed by atoms with van der Waals surface area (Å²) in [5.41, 5.74) is 3.60. The van der Waals surface area contributed by atoms with Gasteiger partial charge in [0.05, 0.1) is 6.04 Å². The minimum Gasteiger partial charge on any atom is -0.349 e. The zero-order valence-corrected chi connectivity index (χ0v) is 22.8. The quantitative estimate of drug-likeness (QED) is 0.148. The van der Waals surface area contributed by atoms with Crippen LogP contribution in [0.25, 0.3) is 0 Å². The van der Waals surface area contributed by atoms with Crippen molar-refractivity contribution in [2.75, 3.05) is 5.75 Å². The number of carbonyl (C=O) groups is 1. The topological polar surface area (TPSA) is 29.1 Å². The van der Waals surface area contributed by atoms with E-state index < -0.39 is 0 Å². The highest BCUT2D eigenvalue weighted by atomic mass is 32.2. The third-order valence-corrected chi connectivity index (χ3v) is 7.75. The maximum Gasteiger partial charge on any atom is 0.220 e. The van der Waals surface area contributed by atoms with Gasteiger partial charge in [-0.1, -0.05) is 125 Å². The van der Waals surface area contributed by atoms with E-state index in [1.807, 2.05) is 36.0 Å². The van der Waals surface area contributed by atoms with Crippen molar-refractivity contribution in [3.63, 3.8) is 0 Å². The van der Waals surface area contributed by atoms with Crippen molar-refractivity contribution in [1.29, 1.82) is 0 Å². The Morgan fingerprint density at radius 2 is 1.33 bits per heavy atom. The molecule has 3 rings (SSSR count). The van der Waals surface area contributed by atoms with Crippen molar-refractivity contribution in [2.24, 2.45) is 0 Å². The maximum atomic E-state index is 12.8. The van der Waals surface area contributed by atoms with Crippen LogP contribution in [0.2, 0.25) is 0 Å². The Hall–Kier alpha value is -2.52. The first-order valence-corrected chi connectivity index (χ1v) is 14.8. The Bertz CT molecular complexity index is 972. The molecule has 0 fully saturated rings. The lowest BCUT2D eigenvalue weighted by Gasteiger charge is -2.19. The van der Waals surface area contributed by atoms with Gasteiger partial charge in [-0.2, -0.15) is 0 Å². The molecule has 1 amide bonds. The number of carbonyl (C=O) groups excluding carboxylic acids is 1. The molecule has 0 bridgehead atoms. The van der Waals surface area contributed by atoms with Crippen molar-refractivity contribution in [3.05, 3.63) is 102 Å². The summed E-state index contributed by atoms with van der Waals surface area (Å²) < 4.78 is 0. The summed E-state index contributed by atoms with van der Waals surface area (Å²) in [7, 11) is 0. The van der Waals surface area contributed by atoms with Crippen molar-refractivity contribution < 1.29 is 4.79 Å². The van der Waals surface area contributed by atoms with Crippen LogP contribution in [0.15, 0.2) is 89.8 Å². The first-order valence-electron chi connectivity index (χ1n) is 13.8. The lowest BCUT2D eigenvalue weighted by Crippen LogP contribution is -2.30. The van der Waals surface area contributed by atoms with Crippen molar-refractivity contribution in [1.82, 2.24) is 5.32 Å². The van der Waals surface area contributed by atoms with Crippen LogP contribution in [0.3, 0.4) is 0 Å². The van der Waals surface area contributed by atoms with Gasteiger partial charge in [0, 0.05) is 11.3 Å². The third kappa shape index (κ3) is 11.0. The predicted molar refractivity (Wildman–Crippen MR) is 156 cm³/mol. The van der Waals surface area contributed by atoms with Crippen LogP contribution >= 0.6 is 11.8 Å². The molecule has 1 N–H and O–H groups in total. The van der Waals surface area contributed by atoms with E-state index in [1.54, 1.807) is 0 Å². The zero-order chi connectivity index (χ0) is 25.3. The molecule has 3 aromatic rings. The number of thioether (sulfide) groups is 1. The van der Waals surface area contributed by atoms with E-state index in [4.69, 9.17) is 0 Å². The molecule has 36 heavy (non-hydrogen) atoms. The highest BCUT2D eigenvalue weighted by Gasteiger charge is 2.15. The first-order chi connectivity index (χ1) is 17.7. The lowest BCUT2D eigenvalue weighted by atomic mass is 9.98. The van der Waals surface area contributed by atoms with E-state index in [9.17, 15) is 4.79 Å². The Labute approximate surface area is 223 Å². The summed E-state index contributed by atoms with van der Waals surface area (Å²) in [6, 6.07) is 29.4. The Kier molecular flexibility index (Phi) is 13.3. The minimum absolute atomic E-state index is 0.0174. The summed E-state index contributed by atoms with van der Waals surface area (Å²) in [6.07, 6.45) is 13.0. The number of hydrogen-bond donors (Lipinski definition) is 1. The molecule has 0 aromatic heterocycles. The summed E-state index contributed by atoms with van der Waals surface area (Å²) in [6.45, 7) is 2.27. The van der Waals surface area contributed by atoms with Gasteiger partial charge in [0.2, 0.25) is 5.91 Å². The molecule has 0 saturated carbocycles. The summed E-state index contributed by atoms with van der Waals surface area (Å²) in [5, 5.41) is 3.28. The summed E-state index contributed by atoms with van der Waals surface area (Å²) in [5.74, 6) is 1.30. The monoisotopic (exact) mass is 501 g/mol. The standard InChI is InChI=1S/C33H43NOS/c1-2-3-4-5-6-7-8-15-26-36-31-23-20-28(21-24-31)22-25-33(35)34-32(30-18-13-10-14-19-30)27-29-16-11-9-12-17-29/h9-14,16-21,23-24,32H,2-8,15,22,25-27H2,1H3,(H,34,35). The second-order valence-corrected chi connectivity index (χ2v) is 10.9. The molecular weight excluding hydrogens is 458 g/mol. The largest absolute Gasteiger partial charge is 0.349 e. The van der Waals surface area contributed by atoms with Crippen LogP contribution in [0.1, 0.15) is 87.4 Å².